The van der Waals surface area contributed by atoms with E-state index in [0.29, 0.717) is 23.4 Å². The lowest BCUT2D eigenvalue weighted by Gasteiger charge is -2.39. The van der Waals surface area contributed by atoms with Gasteiger partial charge in [0.15, 0.2) is 11.5 Å². The molecule has 0 spiro atoms. The maximum absolute atomic E-state index is 10.3. The van der Waals surface area contributed by atoms with E-state index in [0.717, 1.165) is 5.56 Å². The minimum Gasteiger partial charge on any atom is -0.394 e. The van der Waals surface area contributed by atoms with Gasteiger partial charge in [-0.1, -0.05) is 30.3 Å². The van der Waals surface area contributed by atoms with Crippen LogP contribution in [0.15, 0.2) is 30.3 Å². The van der Waals surface area contributed by atoms with Gasteiger partial charge in [0.25, 0.3) is 0 Å². The summed E-state index contributed by atoms with van der Waals surface area (Å²) in [6, 6.07) is 9.66. The van der Waals surface area contributed by atoms with Crippen molar-refractivity contribution in [3.05, 3.63) is 47.5 Å². The number of nitrogens with one attached hydrogen (secondary N) is 1. The van der Waals surface area contributed by atoms with Gasteiger partial charge in [-0.25, -0.2) is 15.0 Å². The number of hydrogen-bond donors (Lipinski definition) is 6. The average Bonchev–Trinajstić information content (AvgIpc) is 3.12. The van der Waals surface area contributed by atoms with Crippen molar-refractivity contribution in [1.29, 1.82) is 0 Å². The Hall–Kier alpha value is -2.63. The molecule has 1 fully saturated rings. The summed E-state index contributed by atoms with van der Waals surface area (Å²) in [7, 11) is 0. The van der Waals surface area contributed by atoms with Gasteiger partial charge in [0.2, 0.25) is 0 Å². The van der Waals surface area contributed by atoms with Crippen LogP contribution in [-0.4, -0.2) is 71.4 Å². The van der Waals surface area contributed by atoms with Crippen LogP contribution >= 0.6 is 0 Å². The molecule has 10 nitrogen and oxygen atoms in total. The second-order valence-electron chi connectivity index (χ2n) is 6.76. The van der Waals surface area contributed by atoms with Crippen molar-refractivity contribution in [2.75, 3.05) is 12.3 Å². The number of aliphatic hydroxyl groups excluding tert-OH is 4. The number of H-pyrrole nitrogens is 1. The summed E-state index contributed by atoms with van der Waals surface area (Å²) in [6.07, 6.45) is -6.04. The van der Waals surface area contributed by atoms with Gasteiger partial charge in [-0.2, -0.15) is 0 Å². The number of nitrogen functional groups attached to an aromatic ring is 1. The normalized spacial score (nSPS) is 27.9. The van der Waals surface area contributed by atoms with Crippen molar-refractivity contribution < 1.29 is 25.2 Å². The lowest BCUT2D eigenvalue weighted by molar-refractivity contribution is -0.233. The molecule has 4 rings (SSSR count). The summed E-state index contributed by atoms with van der Waals surface area (Å²) >= 11 is 0. The molecule has 1 aliphatic heterocycles. The molecule has 0 radical (unpaired) electrons. The lowest BCUT2D eigenvalue weighted by Crippen LogP contribution is -2.55. The number of aromatic amines is 1. The molecule has 7 N–H and O–H groups in total. The van der Waals surface area contributed by atoms with Crippen LogP contribution in [0.3, 0.4) is 0 Å². The van der Waals surface area contributed by atoms with Gasteiger partial charge < -0.3 is 35.9 Å². The molecule has 0 saturated carbocycles. The maximum Gasteiger partial charge on any atom is 0.183 e. The summed E-state index contributed by atoms with van der Waals surface area (Å²) in [5.74, 6) is 0.854. The quantitative estimate of drug-likeness (QED) is 0.330. The predicted octanol–water partition coefficient (Wildman–Crippen LogP) is -0.959. The molecule has 1 saturated heterocycles. The molecular weight excluding hydrogens is 366 g/mol. The minimum atomic E-state index is -1.50. The van der Waals surface area contributed by atoms with Crippen LogP contribution < -0.4 is 5.73 Å². The van der Waals surface area contributed by atoms with Crippen LogP contribution in [0.1, 0.15) is 23.3 Å². The van der Waals surface area contributed by atoms with Crippen LogP contribution in [0.4, 0.5) is 5.82 Å². The Morgan fingerprint density at radius 2 is 1.75 bits per heavy atom. The van der Waals surface area contributed by atoms with Crippen molar-refractivity contribution in [2.24, 2.45) is 0 Å². The van der Waals surface area contributed by atoms with E-state index >= 15 is 0 Å². The fourth-order valence-corrected chi connectivity index (χ4v) is 3.30. The molecule has 28 heavy (non-hydrogen) atoms. The fraction of sp³-hybridized carbons (Fsp3) is 0.389. The number of benzene rings is 1. The number of anilines is 1. The van der Waals surface area contributed by atoms with E-state index in [-0.39, 0.29) is 11.6 Å². The number of ether oxygens (including phenoxy) is 1. The molecule has 148 valence electrons. The molecule has 3 heterocycles. The zero-order valence-corrected chi connectivity index (χ0v) is 14.8. The van der Waals surface area contributed by atoms with Gasteiger partial charge in [0.05, 0.1) is 6.61 Å². The van der Waals surface area contributed by atoms with E-state index in [1.165, 1.54) is 0 Å². The fourth-order valence-electron chi connectivity index (χ4n) is 3.30. The smallest absolute Gasteiger partial charge is 0.183 e. The topological polar surface area (TPSA) is 171 Å². The van der Waals surface area contributed by atoms with Crippen molar-refractivity contribution >= 4 is 17.0 Å². The van der Waals surface area contributed by atoms with Gasteiger partial charge in [-0.05, 0) is 5.56 Å². The first-order chi connectivity index (χ1) is 13.5. The van der Waals surface area contributed by atoms with Crippen LogP contribution in [0, 0.1) is 0 Å². The Balaban J connectivity index is 1.66. The van der Waals surface area contributed by atoms with Crippen molar-refractivity contribution in [1.82, 2.24) is 19.9 Å². The molecule has 1 aliphatic rings. The molecule has 1 unspecified atom stereocenters. The molecule has 5 atom stereocenters. The first-order valence-electron chi connectivity index (χ1n) is 8.84. The van der Waals surface area contributed by atoms with Gasteiger partial charge in [-0.15, -0.1) is 0 Å². The van der Waals surface area contributed by atoms with E-state index in [9.17, 15) is 20.4 Å². The highest BCUT2D eigenvalue weighted by atomic mass is 16.5. The number of aromatic nitrogens is 4. The number of aliphatic hydroxyl groups is 4. The van der Waals surface area contributed by atoms with Crippen LogP contribution in [0.2, 0.25) is 0 Å². The Morgan fingerprint density at radius 3 is 2.46 bits per heavy atom. The van der Waals surface area contributed by atoms with Gasteiger partial charge in [0, 0.05) is 6.42 Å². The monoisotopic (exact) mass is 387 g/mol. The SMILES string of the molecule is Nc1nc(Cc2ccccc2)nc2nc(C3O[C@H](CO)[C@@H](O)[C@H](O)[C@H]3O)[nH]c12. The molecule has 2 aromatic heterocycles. The van der Waals surface area contributed by atoms with Gasteiger partial charge in [-0.3, -0.25) is 0 Å². The molecule has 0 aliphatic carbocycles. The van der Waals surface area contributed by atoms with E-state index < -0.39 is 37.1 Å². The molecule has 3 aromatic rings. The van der Waals surface area contributed by atoms with Crippen LogP contribution in [0.25, 0.3) is 11.2 Å². The lowest BCUT2D eigenvalue weighted by atomic mass is 9.95. The van der Waals surface area contributed by atoms with E-state index in [1.54, 1.807) is 0 Å². The number of rotatable bonds is 4. The first-order valence-corrected chi connectivity index (χ1v) is 8.84. The number of hydrogen-bond acceptors (Lipinski definition) is 9. The van der Waals surface area contributed by atoms with Crippen LogP contribution in [-0.2, 0) is 11.2 Å². The summed E-state index contributed by atoms with van der Waals surface area (Å²) in [6.45, 7) is -0.523. The van der Waals surface area contributed by atoms with Crippen LogP contribution in [0.5, 0.6) is 0 Å². The highest BCUT2D eigenvalue weighted by Crippen LogP contribution is 2.32. The molecular formula is C18H21N5O5. The first kappa shape index (κ1) is 18.7. The van der Waals surface area contributed by atoms with Crippen molar-refractivity contribution in [3.63, 3.8) is 0 Å². The summed E-state index contributed by atoms with van der Waals surface area (Å²) in [4.78, 5) is 16.0. The summed E-state index contributed by atoms with van der Waals surface area (Å²) in [5.41, 5.74) is 7.73. The third-order valence-electron chi connectivity index (χ3n) is 4.81. The average molecular weight is 387 g/mol. The maximum atomic E-state index is 10.3. The minimum absolute atomic E-state index is 0.171. The number of fused-ring (bicyclic) bond motifs is 1. The predicted molar refractivity (Wildman–Crippen MR) is 98.1 cm³/mol. The highest BCUT2D eigenvalue weighted by Gasteiger charge is 2.45. The van der Waals surface area contributed by atoms with E-state index in [1.807, 2.05) is 30.3 Å². The Bertz CT molecular complexity index is 964. The third kappa shape index (κ3) is 3.32. The zero-order chi connectivity index (χ0) is 19.8. The Kier molecular flexibility index (Phi) is 4.96. The second-order valence-corrected chi connectivity index (χ2v) is 6.76. The van der Waals surface area contributed by atoms with Gasteiger partial charge >= 0.3 is 0 Å². The Labute approximate surface area is 159 Å². The molecule has 10 heteroatoms. The molecule has 1 aromatic carbocycles. The van der Waals surface area contributed by atoms with Gasteiger partial charge in [0.1, 0.15) is 47.7 Å². The van der Waals surface area contributed by atoms with E-state index in [2.05, 4.69) is 19.9 Å². The third-order valence-corrected chi connectivity index (χ3v) is 4.81. The van der Waals surface area contributed by atoms with Crippen molar-refractivity contribution in [3.8, 4) is 0 Å². The standard InChI is InChI=1S/C18H21N5O5/c19-16-11-17(21-10(20-16)6-8-4-2-1-3-5-8)23-18(22-11)15-14(27)13(26)12(25)9(7-24)28-15/h1-5,9,12-15,24-27H,6-7H2,(H3,19,20,21,22,23)/t9-,12-,13+,14-,15?/m1/s1. The molecule has 0 amide bonds. The van der Waals surface area contributed by atoms with E-state index in [4.69, 9.17) is 10.5 Å². The second kappa shape index (κ2) is 7.41. The van der Waals surface area contributed by atoms with Crippen molar-refractivity contribution in [2.45, 2.75) is 36.9 Å². The number of nitrogens with two attached hydrogens (primary N) is 1. The molecule has 0 bridgehead atoms. The summed E-state index contributed by atoms with van der Waals surface area (Å²) < 4.78 is 5.52. The number of imidazole rings is 1. The Morgan fingerprint density at radius 1 is 1.00 bits per heavy atom. The zero-order valence-electron chi connectivity index (χ0n) is 14.8. The highest BCUT2D eigenvalue weighted by molar-refractivity contribution is 5.81. The summed E-state index contributed by atoms with van der Waals surface area (Å²) in [5, 5.41) is 39.5. The number of nitrogens with zero attached hydrogens (tertiary/aromatic N) is 3. The largest absolute Gasteiger partial charge is 0.394 e.